The molecule has 2 aromatic rings. The lowest BCUT2D eigenvalue weighted by Crippen LogP contribution is -2.48. The van der Waals surface area contributed by atoms with Crippen LogP contribution in [0.4, 0.5) is 0 Å². The van der Waals surface area contributed by atoms with Gasteiger partial charge in [0.15, 0.2) is 0 Å². The first kappa shape index (κ1) is 16.2. The number of hydrogen-bond acceptors (Lipinski definition) is 5. The number of ether oxygens (including phenoxy) is 1. The third-order valence-corrected chi connectivity index (χ3v) is 4.76. The molecule has 0 spiro atoms. The Morgan fingerprint density at radius 3 is 2.70 bits per heavy atom. The third kappa shape index (κ3) is 3.82. The summed E-state index contributed by atoms with van der Waals surface area (Å²) in [5.41, 5.74) is 0.920. The molecule has 1 saturated heterocycles. The van der Waals surface area contributed by atoms with E-state index in [1.165, 1.54) is 11.8 Å². The summed E-state index contributed by atoms with van der Waals surface area (Å²) in [7, 11) is 0. The number of fused-ring (bicyclic) bond motifs is 1. The molecule has 3 rings (SSSR count). The molecular formula is C17H21N3O2S. The Morgan fingerprint density at radius 2 is 1.96 bits per heavy atom. The Kier molecular flexibility index (Phi) is 4.82. The van der Waals surface area contributed by atoms with Crippen molar-refractivity contribution in [2.45, 2.75) is 38.0 Å². The summed E-state index contributed by atoms with van der Waals surface area (Å²) in [5.74, 6) is 1.25. The van der Waals surface area contributed by atoms with Gasteiger partial charge in [-0.1, -0.05) is 30.0 Å². The zero-order chi connectivity index (χ0) is 16.4. The Hall–Kier alpha value is -1.66. The average molecular weight is 331 g/mol. The van der Waals surface area contributed by atoms with E-state index in [0.29, 0.717) is 18.8 Å². The summed E-state index contributed by atoms with van der Waals surface area (Å²) in [4.78, 5) is 23.3. The van der Waals surface area contributed by atoms with Crippen molar-refractivity contribution in [3.63, 3.8) is 0 Å². The number of carbonyl (C=O) groups excluding carboxylic acids is 1. The third-order valence-electron chi connectivity index (χ3n) is 3.78. The van der Waals surface area contributed by atoms with Gasteiger partial charge in [-0.3, -0.25) is 4.79 Å². The van der Waals surface area contributed by atoms with Gasteiger partial charge in [0.1, 0.15) is 10.9 Å². The first-order valence-electron chi connectivity index (χ1n) is 7.82. The predicted molar refractivity (Wildman–Crippen MR) is 91.6 cm³/mol. The van der Waals surface area contributed by atoms with Crippen LogP contribution < -0.4 is 0 Å². The molecule has 2 atom stereocenters. The van der Waals surface area contributed by atoms with Crippen LogP contribution in [0.3, 0.4) is 0 Å². The van der Waals surface area contributed by atoms with Crippen LogP contribution in [0.1, 0.15) is 19.7 Å². The minimum Gasteiger partial charge on any atom is -0.372 e. The molecule has 0 radical (unpaired) electrons. The molecule has 6 heteroatoms. The minimum absolute atomic E-state index is 0.0924. The minimum atomic E-state index is 0.0924. The van der Waals surface area contributed by atoms with Gasteiger partial charge in [-0.15, -0.1) is 0 Å². The van der Waals surface area contributed by atoms with E-state index in [9.17, 15) is 4.79 Å². The van der Waals surface area contributed by atoms with Crippen molar-refractivity contribution in [1.29, 1.82) is 0 Å². The number of carbonyl (C=O) groups is 1. The molecule has 1 aromatic carbocycles. The smallest absolute Gasteiger partial charge is 0.233 e. The second-order valence-corrected chi connectivity index (χ2v) is 6.90. The summed E-state index contributed by atoms with van der Waals surface area (Å²) in [6.07, 6.45) is 0.185. The summed E-state index contributed by atoms with van der Waals surface area (Å²) < 4.78 is 5.68. The van der Waals surface area contributed by atoms with E-state index >= 15 is 0 Å². The summed E-state index contributed by atoms with van der Waals surface area (Å²) in [6.45, 7) is 7.21. The fourth-order valence-electron chi connectivity index (χ4n) is 2.87. The molecule has 2 unspecified atom stereocenters. The molecule has 1 fully saturated rings. The lowest BCUT2D eigenvalue weighted by molar-refractivity contribution is -0.140. The Bertz CT molecular complexity index is 712. The zero-order valence-electron chi connectivity index (χ0n) is 13.7. The molecule has 0 aliphatic carbocycles. The van der Waals surface area contributed by atoms with Crippen molar-refractivity contribution < 1.29 is 9.53 Å². The van der Waals surface area contributed by atoms with E-state index in [0.717, 1.165) is 21.8 Å². The van der Waals surface area contributed by atoms with Crippen LogP contribution in [0.25, 0.3) is 10.9 Å². The maximum Gasteiger partial charge on any atom is 0.233 e. The number of benzene rings is 1. The summed E-state index contributed by atoms with van der Waals surface area (Å²) >= 11 is 1.49. The van der Waals surface area contributed by atoms with Crippen molar-refractivity contribution >= 4 is 28.6 Å². The molecule has 1 aliphatic rings. The normalized spacial score (nSPS) is 21.6. The highest BCUT2D eigenvalue weighted by atomic mass is 32.2. The Morgan fingerprint density at radius 1 is 1.26 bits per heavy atom. The maximum atomic E-state index is 12.5. The predicted octanol–water partition coefficient (Wildman–Crippen LogP) is 2.67. The molecule has 0 saturated carbocycles. The van der Waals surface area contributed by atoms with Gasteiger partial charge in [0.2, 0.25) is 5.91 Å². The van der Waals surface area contributed by atoms with Crippen molar-refractivity contribution in [2.24, 2.45) is 0 Å². The monoisotopic (exact) mass is 331 g/mol. The Balaban J connectivity index is 1.72. The van der Waals surface area contributed by atoms with Gasteiger partial charge in [0.05, 0.1) is 23.5 Å². The lowest BCUT2D eigenvalue weighted by atomic mass is 10.2. The molecule has 122 valence electrons. The van der Waals surface area contributed by atoms with Gasteiger partial charge in [-0.2, -0.15) is 0 Å². The van der Waals surface area contributed by atoms with Crippen LogP contribution in [-0.4, -0.2) is 51.8 Å². The second kappa shape index (κ2) is 6.84. The number of aromatic nitrogens is 2. The lowest BCUT2D eigenvalue weighted by Gasteiger charge is -2.35. The zero-order valence-corrected chi connectivity index (χ0v) is 14.5. The van der Waals surface area contributed by atoms with Crippen LogP contribution in [0.5, 0.6) is 0 Å². The topological polar surface area (TPSA) is 55.3 Å². The highest BCUT2D eigenvalue weighted by Crippen LogP contribution is 2.25. The van der Waals surface area contributed by atoms with Crippen molar-refractivity contribution in [3.05, 3.63) is 30.1 Å². The van der Waals surface area contributed by atoms with Crippen molar-refractivity contribution in [1.82, 2.24) is 14.9 Å². The first-order valence-corrected chi connectivity index (χ1v) is 8.81. The number of rotatable bonds is 3. The molecule has 1 aromatic heterocycles. The second-order valence-electron chi connectivity index (χ2n) is 5.94. The molecule has 5 nitrogen and oxygen atoms in total. The van der Waals surface area contributed by atoms with Crippen LogP contribution in [0, 0.1) is 6.92 Å². The molecule has 0 bridgehead atoms. The number of nitrogens with zero attached hydrogens (tertiary/aromatic N) is 3. The number of hydrogen-bond donors (Lipinski definition) is 0. The molecular weight excluding hydrogens is 310 g/mol. The molecule has 0 N–H and O–H groups in total. The molecule has 23 heavy (non-hydrogen) atoms. The van der Waals surface area contributed by atoms with E-state index < -0.39 is 0 Å². The van der Waals surface area contributed by atoms with Gasteiger partial charge >= 0.3 is 0 Å². The summed E-state index contributed by atoms with van der Waals surface area (Å²) in [5, 5.41) is 1.87. The fourth-order valence-corrected chi connectivity index (χ4v) is 3.84. The Labute approximate surface area is 140 Å². The van der Waals surface area contributed by atoms with E-state index in [1.54, 1.807) is 0 Å². The maximum absolute atomic E-state index is 12.5. The van der Waals surface area contributed by atoms with E-state index in [1.807, 2.05) is 49.9 Å². The average Bonchev–Trinajstić information content (AvgIpc) is 2.51. The highest BCUT2D eigenvalue weighted by molar-refractivity contribution is 8.00. The largest absolute Gasteiger partial charge is 0.372 e. The van der Waals surface area contributed by atoms with Crippen LogP contribution in [0.15, 0.2) is 29.3 Å². The number of morpholine rings is 1. The van der Waals surface area contributed by atoms with Gasteiger partial charge in [0.25, 0.3) is 0 Å². The number of para-hydroxylation sites is 1. The standard InChI is InChI=1S/C17H21N3O2S/c1-11-8-20(9-12(2)22-11)16(21)10-23-17-14-6-4-5-7-15(14)18-13(3)19-17/h4-7,11-12H,8-10H2,1-3H3. The van der Waals surface area contributed by atoms with E-state index in [4.69, 9.17) is 4.74 Å². The van der Waals surface area contributed by atoms with Crippen LogP contribution in [-0.2, 0) is 9.53 Å². The molecule has 1 amide bonds. The van der Waals surface area contributed by atoms with E-state index in [2.05, 4.69) is 9.97 Å². The van der Waals surface area contributed by atoms with Crippen molar-refractivity contribution in [3.8, 4) is 0 Å². The van der Waals surface area contributed by atoms with Crippen LogP contribution in [0.2, 0.25) is 0 Å². The molecule has 2 heterocycles. The van der Waals surface area contributed by atoms with Gasteiger partial charge in [-0.25, -0.2) is 9.97 Å². The van der Waals surface area contributed by atoms with Gasteiger partial charge in [0, 0.05) is 18.5 Å². The quantitative estimate of drug-likeness (QED) is 0.639. The number of aryl methyl sites for hydroxylation is 1. The van der Waals surface area contributed by atoms with Gasteiger partial charge < -0.3 is 9.64 Å². The van der Waals surface area contributed by atoms with Crippen molar-refractivity contribution in [2.75, 3.05) is 18.8 Å². The summed E-state index contributed by atoms with van der Waals surface area (Å²) in [6, 6.07) is 7.91. The molecule has 1 aliphatic heterocycles. The highest BCUT2D eigenvalue weighted by Gasteiger charge is 2.25. The van der Waals surface area contributed by atoms with E-state index in [-0.39, 0.29) is 18.1 Å². The SMILES string of the molecule is Cc1nc(SCC(=O)N2CC(C)OC(C)C2)c2ccccc2n1. The first-order chi connectivity index (χ1) is 11.0. The fraction of sp³-hybridized carbons (Fsp3) is 0.471. The number of thioether (sulfide) groups is 1. The van der Waals surface area contributed by atoms with Crippen LogP contribution >= 0.6 is 11.8 Å². The van der Waals surface area contributed by atoms with Gasteiger partial charge in [-0.05, 0) is 26.8 Å². The number of amides is 1.